The van der Waals surface area contributed by atoms with Crippen molar-refractivity contribution in [1.82, 2.24) is 9.03 Å². The summed E-state index contributed by atoms with van der Waals surface area (Å²) < 4.78 is 26.5. The molecule has 0 unspecified atom stereocenters. The monoisotopic (exact) mass is 378 g/mol. The molecule has 8 heteroatoms. The maximum Gasteiger partial charge on any atom is 0.304 e. The molecule has 0 atom stereocenters. The highest BCUT2D eigenvalue weighted by atomic mass is 32.2. The van der Waals surface area contributed by atoms with Gasteiger partial charge in [-0.1, -0.05) is 30.3 Å². The number of hydrogen-bond acceptors (Lipinski definition) is 5. The summed E-state index contributed by atoms with van der Waals surface area (Å²) in [5.74, 6) is -0.473. The Kier molecular flexibility index (Phi) is 5.31. The van der Waals surface area contributed by atoms with Crippen molar-refractivity contribution in [2.75, 3.05) is 6.54 Å². The number of aryl methyl sites for hydroxylation is 1. The highest BCUT2D eigenvalue weighted by Crippen LogP contribution is 2.22. The number of benzene rings is 1. The van der Waals surface area contributed by atoms with E-state index in [1.54, 1.807) is 12.1 Å². The number of hydrogen-bond donors (Lipinski definition) is 1. The average molecular weight is 378 g/mol. The van der Waals surface area contributed by atoms with Crippen molar-refractivity contribution in [2.45, 2.75) is 25.8 Å². The number of nitrogens with zero attached hydrogens (tertiary/aromatic N) is 1. The van der Waals surface area contributed by atoms with Crippen LogP contribution in [0.2, 0.25) is 0 Å². The number of carbonyl (C=O) groups is 2. The van der Waals surface area contributed by atoms with Crippen LogP contribution in [0, 0.1) is 0 Å². The number of rotatable bonds is 7. The highest BCUT2D eigenvalue weighted by molar-refractivity contribution is 7.88. The fraction of sp³-hybridized carbons (Fsp3) is 0.294. The molecular formula is C17H18N2O4S2. The van der Waals surface area contributed by atoms with Crippen LogP contribution >= 0.6 is 11.3 Å². The van der Waals surface area contributed by atoms with Gasteiger partial charge >= 0.3 is 10.2 Å². The first-order valence-electron chi connectivity index (χ1n) is 7.90. The zero-order chi connectivity index (χ0) is 17.9. The molecule has 132 valence electrons. The van der Waals surface area contributed by atoms with Crippen molar-refractivity contribution in [2.24, 2.45) is 0 Å². The summed E-state index contributed by atoms with van der Waals surface area (Å²) in [5, 5.41) is 0. The van der Waals surface area contributed by atoms with Crippen LogP contribution in [-0.4, -0.2) is 31.0 Å². The van der Waals surface area contributed by atoms with E-state index >= 15 is 0 Å². The minimum Gasteiger partial charge on any atom is -0.293 e. The van der Waals surface area contributed by atoms with Gasteiger partial charge in [0.15, 0.2) is 5.78 Å². The Morgan fingerprint density at radius 3 is 2.60 bits per heavy atom. The second-order valence-electron chi connectivity index (χ2n) is 5.83. The summed E-state index contributed by atoms with van der Waals surface area (Å²) >= 11 is 1.28. The number of carbonyl (C=O) groups excluding carboxylic acids is 2. The zero-order valence-corrected chi connectivity index (χ0v) is 15.1. The lowest BCUT2D eigenvalue weighted by atomic mass is 10.1. The fourth-order valence-corrected chi connectivity index (χ4v) is 4.78. The fourth-order valence-electron chi connectivity index (χ4n) is 2.63. The first kappa shape index (κ1) is 17.8. The summed E-state index contributed by atoms with van der Waals surface area (Å²) in [6.45, 7) is -0.0797. The Balaban J connectivity index is 1.54. The molecule has 6 nitrogen and oxygen atoms in total. The van der Waals surface area contributed by atoms with Gasteiger partial charge in [0.25, 0.3) is 0 Å². The molecule has 3 rings (SSSR count). The van der Waals surface area contributed by atoms with Gasteiger partial charge in [-0.2, -0.15) is 12.7 Å². The molecular weight excluding hydrogens is 360 g/mol. The second-order valence-corrected chi connectivity index (χ2v) is 8.67. The Morgan fingerprint density at radius 2 is 1.92 bits per heavy atom. The molecule has 0 aliphatic carbocycles. The average Bonchev–Trinajstić information content (AvgIpc) is 3.13. The second kappa shape index (κ2) is 7.47. The molecule has 1 amide bonds. The molecule has 1 aliphatic rings. The van der Waals surface area contributed by atoms with Crippen LogP contribution in [0.3, 0.4) is 0 Å². The first-order chi connectivity index (χ1) is 11.9. The summed E-state index contributed by atoms with van der Waals surface area (Å²) in [7, 11) is -3.73. The zero-order valence-electron chi connectivity index (χ0n) is 13.5. The van der Waals surface area contributed by atoms with Crippen molar-refractivity contribution in [3.8, 4) is 0 Å². The van der Waals surface area contributed by atoms with E-state index in [4.69, 9.17) is 0 Å². The molecule has 1 fully saturated rings. The van der Waals surface area contributed by atoms with Crippen LogP contribution in [0.25, 0.3) is 0 Å². The van der Waals surface area contributed by atoms with Crippen LogP contribution in [0.4, 0.5) is 0 Å². The van der Waals surface area contributed by atoms with Gasteiger partial charge in [-0.3, -0.25) is 9.59 Å². The summed E-state index contributed by atoms with van der Waals surface area (Å²) in [6, 6.07) is 13.5. The van der Waals surface area contributed by atoms with E-state index < -0.39 is 16.1 Å². The van der Waals surface area contributed by atoms with Gasteiger partial charge in [-0.15, -0.1) is 11.3 Å². The number of ketones is 1. The van der Waals surface area contributed by atoms with Gasteiger partial charge in [-0.25, -0.2) is 4.72 Å². The molecule has 2 heterocycles. The van der Waals surface area contributed by atoms with E-state index in [1.165, 1.54) is 16.9 Å². The predicted octanol–water partition coefficient (Wildman–Crippen LogP) is 2.13. The third kappa shape index (κ3) is 4.53. The van der Waals surface area contributed by atoms with E-state index in [0.717, 1.165) is 22.0 Å². The molecule has 0 radical (unpaired) electrons. The van der Waals surface area contributed by atoms with Crippen LogP contribution in [0.5, 0.6) is 0 Å². The minimum atomic E-state index is -3.73. The number of thiophene rings is 1. The van der Waals surface area contributed by atoms with E-state index in [2.05, 4.69) is 0 Å². The predicted molar refractivity (Wildman–Crippen MR) is 95.5 cm³/mol. The number of nitrogens with one attached hydrogen (secondary N) is 1. The molecule has 2 aromatic rings. The van der Waals surface area contributed by atoms with Gasteiger partial charge in [0, 0.05) is 11.3 Å². The van der Waals surface area contributed by atoms with Crippen LogP contribution in [0.1, 0.15) is 33.0 Å². The van der Waals surface area contributed by atoms with E-state index in [-0.39, 0.29) is 18.9 Å². The van der Waals surface area contributed by atoms with E-state index in [0.29, 0.717) is 11.3 Å². The van der Waals surface area contributed by atoms with Gasteiger partial charge in [0.05, 0.1) is 18.0 Å². The molecule has 0 bridgehead atoms. The van der Waals surface area contributed by atoms with Gasteiger partial charge < -0.3 is 0 Å². The maximum absolute atomic E-state index is 12.3. The lowest BCUT2D eigenvalue weighted by Gasteiger charge is -2.09. The third-order valence-corrected chi connectivity index (χ3v) is 6.42. The van der Waals surface area contributed by atoms with Crippen LogP contribution in [-0.2, 0) is 28.0 Å². The quantitative estimate of drug-likeness (QED) is 0.748. The van der Waals surface area contributed by atoms with Gasteiger partial charge in [0.2, 0.25) is 5.91 Å². The Hall–Kier alpha value is -2.03. The first-order valence-corrected chi connectivity index (χ1v) is 10.2. The highest BCUT2D eigenvalue weighted by Gasteiger charge is 2.33. The molecule has 0 saturated carbocycles. The van der Waals surface area contributed by atoms with Gasteiger partial charge in [-0.05, 0) is 30.5 Å². The van der Waals surface area contributed by atoms with Crippen molar-refractivity contribution >= 4 is 33.2 Å². The van der Waals surface area contributed by atoms with Crippen LogP contribution < -0.4 is 4.72 Å². The molecule has 1 aromatic heterocycles. The standard InChI is InChI=1S/C17H18N2O4S2/c20-15(8-4-7-13-5-2-1-3-6-13)16-10-9-14(24-16)11-19-12-17(21)18-25(19,22)23/h1-3,5-6,9-10H,4,7-8,11-12H2,(H,18,21). The summed E-state index contributed by atoms with van der Waals surface area (Å²) in [4.78, 5) is 24.9. The van der Waals surface area contributed by atoms with Crippen molar-refractivity contribution in [3.63, 3.8) is 0 Å². The number of Topliss-reactive ketones (excluding diaryl/α,β-unsaturated/α-hetero) is 1. The molecule has 1 aliphatic heterocycles. The molecule has 25 heavy (non-hydrogen) atoms. The molecule has 1 saturated heterocycles. The molecule has 1 aromatic carbocycles. The van der Waals surface area contributed by atoms with Crippen LogP contribution in [0.15, 0.2) is 42.5 Å². The Morgan fingerprint density at radius 1 is 1.16 bits per heavy atom. The van der Waals surface area contributed by atoms with Crippen molar-refractivity contribution in [3.05, 3.63) is 57.8 Å². The minimum absolute atomic E-state index is 0.0608. The summed E-state index contributed by atoms with van der Waals surface area (Å²) in [5.41, 5.74) is 1.21. The lowest BCUT2D eigenvalue weighted by molar-refractivity contribution is -0.118. The Labute approximate surface area is 150 Å². The third-order valence-electron chi connectivity index (χ3n) is 3.88. The Bertz CT molecular complexity index is 875. The van der Waals surface area contributed by atoms with E-state index in [9.17, 15) is 18.0 Å². The number of amides is 1. The smallest absolute Gasteiger partial charge is 0.293 e. The molecule has 0 spiro atoms. The lowest BCUT2D eigenvalue weighted by Crippen LogP contribution is -2.28. The maximum atomic E-state index is 12.3. The summed E-state index contributed by atoms with van der Waals surface area (Å²) in [6.07, 6.45) is 2.08. The normalized spacial score (nSPS) is 16.7. The SMILES string of the molecule is O=C1CN(Cc2ccc(C(=O)CCCc3ccccc3)s2)S(=O)(=O)N1. The van der Waals surface area contributed by atoms with E-state index in [1.807, 2.05) is 35.1 Å². The molecule has 1 N–H and O–H groups in total. The van der Waals surface area contributed by atoms with Crippen molar-refractivity contribution < 1.29 is 18.0 Å². The topological polar surface area (TPSA) is 83.6 Å². The largest absolute Gasteiger partial charge is 0.304 e. The van der Waals surface area contributed by atoms with Crippen molar-refractivity contribution in [1.29, 1.82) is 0 Å². The van der Waals surface area contributed by atoms with Gasteiger partial charge in [0.1, 0.15) is 0 Å².